The maximum absolute atomic E-state index is 11.1. The standard InChI is InChI=1S/C17H19ClN2O2/c1-11-17-13(9-16(21)22)5-3-7-15(17)20(19-11)10-12-4-2-6-14(18)8-12/h2,4,6,8,13H,3,5,7,9-10H2,1H3,(H,21,22). The average molecular weight is 319 g/mol. The first-order chi connectivity index (χ1) is 10.5. The Morgan fingerprint density at radius 2 is 2.32 bits per heavy atom. The van der Waals surface area contributed by atoms with Gasteiger partial charge in [-0.3, -0.25) is 9.48 Å². The van der Waals surface area contributed by atoms with E-state index in [1.165, 1.54) is 5.69 Å². The molecule has 3 rings (SSSR count). The van der Waals surface area contributed by atoms with Gasteiger partial charge in [0.15, 0.2) is 0 Å². The van der Waals surface area contributed by atoms with E-state index in [9.17, 15) is 4.79 Å². The van der Waals surface area contributed by atoms with Crippen LogP contribution in [0.3, 0.4) is 0 Å². The number of rotatable bonds is 4. The smallest absolute Gasteiger partial charge is 0.303 e. The number of hydrogen-bond donors (Lipinski definition) is 1. The minimum atomic E-state index is -0.736. The van der Waals surface area contributed by atoms with E-state index < -0.39 is 5.97 Å². The van der Waals surface area contributed by atoms with Gasteiger partial charge in [0.1, 0.15) is 0 Å². The van der Waals surface area contributed by atoms with E-state index in [0.717, 1.165) is 41.1 Å². The number of hydrogen-bond acceptors (Lipinski definition) is 2. The van der Waals surface area contributed by atoms with E-state index >= 15 is 0 Å². The maximum atomic E-state index is 11.1. The second-order valence-electron chi connectivity index (χ2n) is 5.92. The molecule has 0 saturated heterocycles. The second kappa shape index (κ2) is 6.13. The molecule has 0 fully saturated rings. The summed E-state index contributed by atoms with van der Waals surface area (Å²) >= 11 is 6.05. The number of fused-ring (bicyclic) bond motifs is 1. The maximum Gasteiger partial charge on any atom is 0.303 e. The molecule has 1 heterocycles. The van der Waals surface area contributed by atoms with Crippen molar-refractivity contribution in [2.24, 2.45) is 0 Å². The molecule has 0 bridgehead atoms. The number of aryl methyl sites for hydroxylation is 1. The fourth-order valence-corrected chi connectivity index (χ4v) is 3.66. The van der Waals surface area contributed by atoms with Crippen molar-refractivity contribution in [3.63, 3.8) is 0 Å². The van der Waals surface area contributed by atoms with Crippen molar-refractivity contribution in [3.8, 4) is 0 Å². The highest BCUT2D eigenvalue weighted by molar-refractivity contribution is 6.30. The summed E-state index contributed by atoms with van der Waals surface area (Å²) in [6, 6.07) is 7.78. The van der Waals surface area contributed by atoms with Crippen molar-refractivity contribution in [3.05, 3.63) is 51.8 Å². The number of carboxylic acids is 1. The van der Waals surface area contributed by atoms with Crippen molar-refractivity contribution in [2.75, 3.05) is 0 Å². The molecule has 2 aromatic rings. The molecule has 1 unspecified atom stereocenters. The molecule has 0 aliphatic heterocycles. The predicted molar refractivity (Wildman–Crippen MR) is 85.4 cm³/mol. The first-order valence-electron chi connectivity index (χ1n) is 7.57. The Morgan fingerprint density at radius 3 is 3.05 bits per heavy atom. The largest absolute Gasteiger partial charge is 0.481 e. The van der Waals surface area contributed by atoms with Gasteiger partial charge in [0.25, 0.3) is 0 Å². The van der Waals surface area contributed by atoms with Crippen LogP contribution in [0.1, 0.15) is 47.7 Å². The zero-order valence-corrected chi connectivity index (χ0v) is 13.3. The summed E-state index contributed by atoms with van der Waals surface area (Å²) < 4.78 is 2.02. The van der Waals surface area contributed by atoms with Crippen molar-refractivity contribution in [2.45, 2.75) is 45.1 Å². The van der Waals surface area contributed by atoms with E-state index in [4.69, 9.17) is 16.7 Å². The number of aliphatic carboxylic acids is 1. The van der Waals surface area contributed by atoms with Gasteiger partial charge in [-0.25, -0.2) is 0 Å². The summed E-state index contributed by atoms with van der Waals surface area (Å²) in [4.78, 5) is 11.1. The van der Waals surface area contributed by atoms with Gasteiger partial charge in [-0.05, 0) is 55.4 Å². The monoisotopic (exact) mass is 318 g/mol. The number of benzene rings is 1. The molecule has 116 valence electrons. The van der Waals surface area contributed by atoms with Crippen molar-refractivity contribution >= 4 is 17.6 Å². The summed E-state index contributed by atoms with van der Waals surface area (Å²) in [5, 5.41) is 14.5. The van der Waals surface area contributed by atoms with Gasteiger partial charge < -0.3 is 5.11 Å². The first kappa shape index (κ1) is 15.1. The Morgan fingerprint density at radius 1 is 1.50 bits per heavy atom. The van der Waals surface area contributed by atoms with Gasteiger partial charge in [-0.1, -0.05) is 23.7 Å². The van der Waals surface area contributed by atoms with Gasteiger partial charge in [0.2, 0.25) is 0 Å². The zero-order valence-electron chi connectivity index (χ0n) is 12.6. The second-order valence-corrected chi connectivity index (χ2v) is 6.36. The van der Waals surface area contributed by atoms with E-state index in [1.807, 2.05) is 35.9 Å². The number of carboxylic acid groups (broad SMARTS) is 1. The zero-order chi connectivity index (χ0) is 15.7. The Balaban J connectivity index is 1.93. The topological polar surface area (TPSA) is 55.1 Å². The molecule has 4 nitrogen and oxygen atoms in total. The fraction of sp³-hybridized carbons (Fsp3) is 0.412. The minimum Gasteiger partial charge on any atom is -0.481 e. The average Bonchev–Trinajstić information content (AvgIpc) is 2.76. The summed E-state index contributed by atoms with van der Waals surface area (Å²) in [6.45, 7) is 2.66. The lowest BCUT2D eigenvalue weighted by Gasteiger charge is -2.22. The number of carbonyl (C=O) groups is 1. The molecule has 1 aromatic carbocycles. The Hall–Kier alpha value is -1.81. The van der Waals surface area contributed by atoms with Gasteiger partial charge in [0, 0.05) is 10.7 Å². The van der Waals surface area contributed by atoms with Gasteiger partial charge >= 0.3 is 5.97 Å². The molecule has 1 aromatic heterocycles. The molecule has 0 spiro atoms. The number of aromatic nitrogens is 2. The third kappa shape index (κ3) is 3.02. The Labute approximate surface area is 134 Å². The van der Waals surface area contributed by atoms with Crippen molar-refractivity contribution < 1.29 is 9.90 Å². The molecule has 0 saturated carbocycles. The Bertz CT molecular complexity index is 709. The van der Waals surface area contributed by atoms with Gasteiger partial charge in [-0.15, -0.1) is 0 Å². The van der Waals surface area contributed by atoms with Crippen LogP contribution >= 0.6 is 11.6 Å². The highest BCUT2D eigenvalue weighted by Crippen LogP contribution is 2.36. The van der Waals surface area contributed by atoms with Crippen LogP contribution in [0.15, 0.2) is 24.3 Å². The van der Waals surface area contributed by atoms with Gasteiger partial charge in [0.05, 0.1) is 18.7 Å². The lowest BCUT2D eigenvalue weighted by Crippen LogP contribution is -2.16. The molecule has 1 aliphatic carbocycles. The quantitative estimate of drug-likeness (QED) is 0.933. The molecule has 0 amide bonds. The van der Waals surface area contributed by atoms with Crippen LogP contribution in [0.25, 0.3) is 0 Å². The van der Waals surface area contributed by atoms with Crippen LogP contribution in [0.2, 0.25) is 5.02 Å². The minimum absolute atomic E-state index is 0.0920. The fourth-order valence-electron chi connectivity index (χ4n) is 3.45. The summed E-state index contributed by atoms with van der Waals surface area (Å²) in [5.74, 6) is -0.644. The van der Waals surface area contributed by atoms with Crippen molar-refractivity contribution in [1.29, 1.82) is 0 Å². The lowest BCUT2D eigenvalue weighted by molar-refractivity contribution is -0.137. The molecule has 1 aliphatic rings. The van der Waals surface area contributed by atoms with Crippen LogP contribution in [0.4, 0.5) is 0 Å². The summed E-state index contributed by atoms with van der Waals surface area (Å²) in [7, 11) is 0. The lowest BCUT2D eigenvalue weighted by atomic mass is 9.83. The molecular formula is C17H19ClN2O2. The molecule has 1 N–H and O–H groups in total. The molecule has 0 radical (unpaired) electrons. The normalized spacial score (nSPS) is 17.3. The van der Waals surface area contributed by atoms with E-state index in [-0.39, 0.29) is 12.3 Å². The molecular weight excluding hydrogens is 300 g/mol. The summed E-state index contributed by atoms with van der Waals surface area (Å²) in [5.41, 5.74) is 4.41. The van der Waals surface area contributed by atoms with Crippen LogP contribution < -0.4 is 0 Å². The van der Waals surface area contributed by atoms with Crippen LogP contribution in [-0.4, -0.2) is 20.9 Å². The first-order valence-corrected chi connectivity index (χ1v) is 7.95. The SMILES string of the molecule is Cc1nn(Cc2cccc(Cl)c2)c2c1C(CC(=O)O)CCC2. The molecule has 1 atom stereocenters. The van der Waals surface area contributed by atoms with E-state index in [2.05, 4.69) is 5.10 Å². The van der Waals surface area contributed by atoms with Crippen LogP contribution in [0.5, 0.6) is 0 Å². The van der Waals surface area contributed by atoms with Crippen molar-refractivity contribution in [1.82, 2.24) is 9.78 Å². The third-order valence-electron chi connectivity index (χ3n) is 4.30. The Kier molecular flexibility index (Phi) is 4.21. The predicted octanol–water partition coefficient (Wildman–Crippen LogP) is 3.79. The highest BCUT2D eigenvalue weighted by Gasteiger charge is 2.28. The highest BCUT2D eigenvalue weighted by atomic mass is 35.5. The van der Waals surface area contributed by atoms with Crippen LogP contribution in [0, 0.1) is 6.92 Å². The van der Waals surface area contributed by atoms with Crippen LogP contribution in [-0.2, 0) is 17.8 Å². The number of halogens is 1. The molecule has 22 heavy (non-hydrogen) atoms. The number of nitrogens with zero attached hydrogens (tertiary/aromatic N) is 2. The van der Waals surface area contributed by atoms with Gasteiger partial charge in [-0.2, -0.15) is 5.10 Å². The summed E-state index contributed by atoms with van der Waals surface area (Å²) in [6.07, 6.45) is 3.11. The van der Waals surface area contributed by atoms with E-state index in [1.54, 1.807) is 0 Å². The third-order valence-corrected chi connectivity index (χ3v) is 4.53. The molecule has 5 heteroatoms. The van der Waals surface area contributed by atoms with E-state index in [0.29, 0.717) is 6.54 Å².